The van der Waals surface area contributed by atoms with E-state index in [1.165, 1.54) is 6.20 Å². The summed E-state index contributed by atoms with van der Waals surface area (Å²) < 4.78 is 5.76. The topological polar surface area (TPSA) is 67.9 Å². The summed E-state index contributed by atoms with van der Waals surface area (Å²) in [6, 6.07) is 7.72. The molecule has 0 saturated heterocycles. The van der Waals surface area contributed by atoms with Gasteiger partial charge in [0.2, 0.25) is 5.82 Å². The second-order valence-electron chi connectivity index (χ2n) is 4.63. The molecule has 3 rings (SSSR count). The van der Waals surface area contributed by atoms with Crippen molar-refractivity contribution >= 4 is 5.69 Å². The van der Waals surface area contributed by atoms with Crippen molar-refractivity contribution in [3.63, 3.8) is 0 Å². The molecule has 0 saturated carbocycles. The van der Waals surface area contributed by atoms with Gasteiger partial charge in [-0.25, -0.2) is 10.0 Å². The van der Waals surface area contributed by atoms with Crippen molar-refractivity contribution in [1.82, 2.24) is 5.01 Å². The molecule has 1 unspecified atom stereocenters. The van der Waals surface area contributed by atoms with E-state index in [2.05, 4.69) is 17.2 Å². The first-order valence-corrected chi connectivity index (χ1v) is 6.68. The summed E-state index contributed by atoms with van der Waals surface area (Å²) in [5.74, 6) is 1.36. The van der Waals surface area contributed by atoms with Crippen LogP contribution in [0.25, 0.3) is 0 Å². The normalized spacial score (nSPS) is 20.9. The van der Waals surface area contributed by atoms with Gasteiger partial charge < -0.3 is 15.0 Å². The van der Waals surface area contributed by atoms with Gasteiger partial charge in [0.05, 0.1) is 6.61 Å². The number of nitrogens with zero attached hydrogens (tertiary/aromatic N) is 4. The first-order chi connectivity index (χ1) is 9.79. The number of para-hydroxylation sites is 2. The lowest BCUT2D eigenvalue weighted by Crippen LogP contribution is -3.06. The molecule has 0 spiro atoms. The molecule has 2 heterocycles. The van der Waals surface area contributed by atoms with Gasteiger partial charge in [-0.15, -0.1) is 5.11 Å². The molecule has 0 aromatic heterocycles. The van der Waals surface area contributed by atoms with Crippen molar-refractivity contribution in [3.05, 3.63) is 41.5 Å². The second-order valence-corrected chi connectivity index (χ2v) is 4.63. The highest BCUT2D eigenvalue weighted by Gasteiger charge is 2.31. The molecule has 0 aliphatic carbocycles. The van der Waals surface area contributed by atoms with E-state index in [0.717, 1.165) is 17.9 Å². The molecular weight excluding hydrogens is 258 g/mol. The van der Waals surface area contributed by atoms with Crippen LogP contribution in [0.5, 0.6) is 5.75 Å². The molecule has 1 N–H and O–H groups in total. The molecule has 7 heteroatoms. The van der Waals surface area contributed by atoms with Crippen LogP contribution in [0.3, 0.4) is 0 Å². The molecule has 0 amide bonds. The Bertz CT molecular complexity index is 545. The van der Waals surface area contributed by atoms with Crippen molar-refractivity contribution in [1.29, 1.82) is 0 Å². The summed E-state index contributed by atoms with van der Waals surface area (Å²) in [7, 11) is 0. The maximum atomic E-state index is 11.8. The molecule has 0 fully saturated rings. The minimum Gasteiger partial charge on any atom is -0.628 e. The minimum atomic E-state index is 0.0161. The molecule has 0 bridgehead atoms. The zero-order valence-corrected chi connectivity index (χ0v) is 11.3. The van der Waals surface area contributed by atoms with Crippen molar-refractivity contribution in [3.8, 4) is 5.75 Å². The van der Waals surface area contributed by atoms with E-state index in [1.807, 2.05) is 34.3 Å². The summed E-state index contributed by atoms with van der Waals surface area (Å²) in [5.41, 5.74) is 0.868. The fourth-order valence-electron chi connectivity index (χ4n) is 2.23. The smallest absolute Gasteiger partial charge is 0.225 e. The summed E-state index contributed by atoms with van der Waals surface area (Å²) >= 11 is 0. The molecule has 0 radical (unpaired) electrons. The predicted octanol–water partition coefficient (Wildman–Crippen LogP) is 1.07. The van der Waals surface area contributed by atoms with Crippen LogP contribution in [0.4, 0.5) is 5.69 Å². The number of hydrogen-bond acceptors (Lipinski definition) is 6. The quantitative estimate of drug-likeness (QED) is 0.835. The van der Waals surface area contributed by atoms with E-state index in [0.29, 0.717) is 19.1 Å². The Labute approximate surface area is 117 Å². The number of ether oxygens (including phenoxy) is 1. The van der Waals surface area contributed by atoms with Gasteiger partial charge in [-0.2, -0.15) is 5.11 Å². The molecule has 2 aliphatic rings. The number of nitrogens with one attached hydrogen (secondary N) is 1. The first-order valence-electron chi connectivity index (χ1n) is 6.68. The number of benzene rings is 1. The molecule has 20 heavy (non-hydrogen) atoms. The second kappa shape index (κ2) is 5.48. The SMILES string of the molecule is CCCOc1ccccc1N1C[NH+]([O-])C=C2N=NCN21. The zero-order valence-electron chi connectivity index (χ0n) is 11.3. The Morgan fingerprint density at radius 1 is 1.35 bits per heavy atom. The average Bonchev–Trinajstić information content (AvgIpc) is 2.92. The van der Waals surface area contributed by atoms with Crippen molar-refractivity contribution < 1.29 is 9.80 Å². The molecule has 1 aromatic carbocycles. The number of hydrazine groups is 1. The third-order valence-corrected chi connectivity index (χ3v) is 3.13. The lowest BCUT2D eigenvalue weighted by atomic mass is 10.3. The van der Waals surface area contributed by atoms with Crippen LogP contribution in [-0.4, -0.2) is 25.0 Å². The summed E-state index contributed by atoms with van der Waals surface area (Å²) in [5, 5.41) is 23.6. The number of hydroxylamine groups is 2. The van der Waals surface area contributed by atoms with Gasteiger partial charge in [0.15, 0.2) is 13.3 Å². The Morgan fingerprint density at radius 3 is 3.05 bits per heavy atom. The highest BCUT2D eigenvalue weighted by atomic mass is 16.5. The van der Waals surface area contributed by atoms with Crippen LogP contribution >= 0.6 is 0 Å². The van der Waals surface area contributed by atoms with Crippen LogP contribution in [0.1, 0.15) is 13.3 Å². The van der Waals surface area contributed by atoms with E-state index in [9.17, 15) is 5.21 Å². The molecule has 2 aliphatic heterocycles. The zero-order chi connectivity index (χ0) is 13.9. The number of rotatable bonds is 4. The van der Waals surface area contributed by atoms with Crippen LogP contribution in [0.2, 0.25) is 0 Å². The fraction of sp³-hybridized carbons (Fsp3) is 0.385. The van der Waals surface area contributed by atoms with Crippen LogP contribution in [0, 0.1) is 5.21 Å². The van der Waals surface area contributed by atoms with Gasteiger partial charge in [-0.3, -0.25) is 0 Å². The predicted molar refractivity (Wildman–Crippen MR) is 73.5 cm³/mol. The van der Waals surface area contributed by atoms with Crippen LogP contribution in [0.15, 0.2) is 46.5 Å². The van der Waals surface area contributed by atoms with Gasteiger partial charge in [-0.05, 0) is 18.6 Å². The Hall–Kier alpha value is -2.12. The third kappa shape index (κ3) is 2.33. The molecule has 1 atom stereocenters. The number of hydrogen-bond donors (Lipinski definition) is 1. The van der Waals surface area contributed by atoms with Gasteiger partial charge >= 0.3 is 0 Å². The highest BCUT2D eigenvalue weighted by molar-refractivity contribution is 5.58. The van der Waals surface area contributed by atoms with E-state index in [1.54, 1.807) is 0 Å². The Morgan fingerprint density at radius 2 is 2.20 bits per heavy atom. The van der Waals surface area contributed by atoms with E-state index < -0.39 is 0 Å². The molecule has 7 nitrogen and oxygen atoms in total. The van der Waals surface area contributed by atoms with E-state index in [-0.39, 0.29) is 11.7 Å². The largest absolute Gasteiger partial charge is 0.628 e. The van der Waals surface area contributed by atoms with Crippen molar-refractivity contribution in [2.75, 3.05) is 25.0 Å². The van der Waals surface area contributed by atoms with Gasteiger partial charge in [-0.1, -0.05) is 19.1 Å². The summed E-state index contributed by atoms with van der Waals surface area (Å²) in [6.45, 7) is 3.42. The first kappa shape index (κ1) is 12.9. The number of fused-ring (bicyclic) bond motifs is 1. The number of azo groups is 1. The lowest BCUT2D eigenvalue weighted by Gasteiger charge is -2.39. The monoisotopic (exact) mass is 275 g/mol. The molecule has 1 aromatic rings. The molecule has 106 valence electrons. The standard InChI is InChI=1S/C13H17N5O2/c1-2-7-20-12-6-4-3-5-11(12)18-10-16(19)8-13-15-14-9-17(13)18/h3-6,8,16H,2,7,9-10H2,1H3. The van der Waals surface area contributed by atoms with Crippen molar-refractivity contribution in [2.24, 2.45) is 10.2 Å². The molecular formula is C13H17N5O2. The fourth-order valence-corrected chi connectivity index (χ4v) is 2.23. The Balaban J connectivity index is 1.91. The highest BCUT2D eigenvalue weighted by Crippen LogP contribution is 2.32. The average molecular weight is 275 g/mol. The third-order valence-electron chi connectivity index (χ3n) is 3.13. The van der Waals surface area contributed by atoms with Gasteiger partial charge in [0.25, 0.3) is 0 Å². The van der Waals surface area contributed by atoms with Crippen LogP contribution < -0.4 is 14.8 Å². The van der Waals surface area contributed by atoms with Gasteiger partial charge in [0, 0.05) is 0 Å². The lowest BCUT2D eigenvalue weighted by molar-refractivity contribution is -0.796. The Kier molecular flexibility index (Phi) is 3.53. The minimum absolute atomic E-state index is 0.0161. The number of quaternary nitrogens is 1. The van der Waals surface area contributed by atoms with Crippen molar-refractivity contribution in [2.45, 2.75) is 13.3 Å². The van der Waals surface area contributed by atoms with E-state index >= 15 is 0 Å². The summed E-state index contributed by atoms with van der Waals surface area (Å²) in [4.78, 5) is 0. The number of anilines is 1. The maximum Gasteiger partial charge on any atom is 0.225 e. The van der Waals surface area contributed by atoms with E-state index in [4.69, 9.17) is 4.74 Å². The maximum absolute atomic E-state index is 11.8. The van der Waals surface area contributed by atoms with Crippen LogP contribution in [-0.2, 0) is 0 Å². The van der Waals surface area contributed by atoms with Gasteiger partial charge in [0.1, 0.15) is 17.6 Å². The summed E-state index contributed by atoms with van der Waals surface area (Å²) in [6.07, 6.45) is 2.47.